The van der Waals surface area contributed by atoms with Gasteiger partial charge >= 0.3 is 24.1 Å². The Bertz CT molecular complexity index is 3250. The van der Waals surface area contributed by atoms with E-state index in [1.807, 2.05) is 0 Å². The number of hydrogen-bond donors (Lipinski definition) is 2. The van der Waals surface area contributed by atoms with Crippen molar-refractivity contribution in [3.63, 3.8) is 0 Å². The van der Waals surface area contributed by atoms with Crippen LogP contribution in [0, 0.1) is 0 Å². The monoisotopic (exact) mass is 1400 g/mol. The number of carbonyl (C=O) groups excluding carboxylic acids is 8. The number of aliphatic hydroxyl groups is 1. The molecule has 0 saturated heterocycles. The SMILES string of the molecule is C.CC(C)OC(=O)N=NC(=O)OC(C)C.CC/C=C\C/C=C\C/C=C\CCCCCCC(C(=O)OCC)N1C(=O)c2ccccc2C1=O.CC/C=C\C/C=C\C/C=C\CCCCCCC(O)C(=O)OCC.O=C1NC(=O)c2ccccc21.c1ccc(P(c2ccccc2)c2ccccc2)cc1. The smallest absolute Gasteiger partial charge is 0.452 e. The van der Waals surface area contributed by atoms with Gasteiger partial charge in [-0.3, -0.25) is 29.4 Å². The maximum atomic E-state index is 12.8. The van der Waals surface area contributed by atoms with Crippen molar-refractivity contribution in [2.75, 3.05) is 13.2 Å². The number of fused-ring (bicyclic) bond motifs is 2. The summed E-state index contributed by atoms with van der Waals surface area (Å²) in [6, 6.07) is 44.9. The van der Waals surface area contributed by atoms with Gasteiger partial charge in [0.1, 0.15) is 6.04 Å². The number of rotatable bonds is 34. The second-order valence-corrected chi connectivity index (χ2v) is 25.6. The van der Waals surface area contributed by atoms with Crippen molar-refractivity contribution in [2.24, 2.45) is 10.2 Å². The van der Waals surface area contributed by atoms with E-state index in [1.165, 1.54) is 15.9 Å². The van der Waals surface area contributed by atoms with Crippen LogP contribution in [0.15, 0.2) is 223 Å². The van der Waals surface area contributed by atoms with Crippen LogP contribution in [-0.2, 0) is 28.5 Å². The Labute approximate surface area is 602 Å². The summed E-state index contributed by atoms with van der Waals surface area (Å²) in [5, 5.41) is 22.0. The fraction of sp³-hybridized carbons (Fsp3) is 0.398. The number of unbranched alkanes of at least 4 members (excludes halogenated alkanes) is 8. The van der Waals surface area contributed by atoms with E-state index in [9.17, 15) is 43.5 Å². The number of nitrogens with one attached hydrogen (secondary N) is 1. The topological polar surface area (TPSA) is 234 Å². The van der Waals surface area contributed by atoms with Crippen LogP contribution in [0.4, 0.5) is 9.59 Å². The van der Waals surface area contributed by atoms with Crippen molar-refractivity contribution < 1.29 is 62.4 Å². The van der Waals surface area contributed by atoms with E-state index in [0.717, 1.165) is 108 Å². The van der Waals surface area contributed by atoms with Crippen LogP contribution in [0.1, 0.15) is 220 Å². The number of nitrogens with zero attached hydrogens (tertiary/aromatic N) is 3. The van der Waals surface area contributed by atoms with Gasteiger partial charge in [0.25, 0.3) is 23.6 Å². The van der Waals surface area contributed by atoms with E-state index in [0.29, 0.717) is 41.7 Å². The van der Waals surface area contributed by atoms with Crippen molar-refractivity contribution in [2.45, 2.75) is 203 Å². The summed E-state index contributed by atoms with van der Waals surface area (Å²) in [6.45, 7) is 15.0. The Hall–Kier alpha value is -9.31. The Morgan fingerprint density at radius 1 is 0.436 bits per heavy atom. The van der Waals surface area contributed by atoms with Gasteiger partial charge in [0.05, 0.1) is 47.7 Å². The molecule has 0 aromatic heterocycles. The van der Waals surface area contributed by atoms with Gasteiger partial charge in [-0.05, 0) is 167 Å². The van der Waals surface area contributed by atoms with Crippen molar-refractivity contribution in [3.8, 4) is 0 Å². The average molecular weight is 1400 g/mol. The zero-order chi connectivity index (χ0) is 73.0. The van der Waals surface area contributed by atoms with Crippen LogP contribution in [0.5, 0.6) is 0 Å². The number of esters is 2. The van der Waals surface area contributed by atoms with Gasteiger partial charge in [-0.2, -0.15) is 0 Å². The number of azo groups is 1. The minimum Gasteiger partial charge on any atom is -0.464 e. The van der Waals surface area contributed by atoms with Gasteiger partial charge in [0.15, 0.2) is 6.10 Å². The highest BCUT2D eigenvalue weighted by Gasteiger charge is 2.43. The van der Waals surface area contributed by atoms with Crippen LogP contribution < -0.4 is 21.2 Å². The Kier molecular flexibility index (Phi) is 47.4. The Balaban J connectivity index is 0.000000449. The second-order valence-electron chi connectivity index (χ2n) is 23.4. The van der Waals surface area contributed by atoms with Gasteiger partial charge < -0.3 is 24.1 Å². The van der Waals surface area contributed by atoms with Gasteiger partial charge in [-0.1, -0.05) is 258 Å². The molecule has 5 aromatic rings. The number of carbonyl (C=O) groups is 8. The molecule has 5 aromatic carbocycles. The predicted octanol–water partition coefficient (Wildman–Crippen LogP) is 18.7. The van der Waals surface area contributed by atoms with E-state index in [-0.39, 0.29) is 38.1 Å². The summed E-state index contributed by atoms with van der Waals surface area (Å²) in [5.41, 5.74) is 1.65. The minimum atomic E-state index is -0.950. The molecule has 544 valence electrons. The van der Waals surface area contributed by atoms with E-state index < -0.39 is 56.0 Å². The maximum absolute atomic E-state index is 12.8. The molecule has 6 amide bonds. The van der Waals surface area contributed by atoms with E-state index in [1.54, 1.807) is 90.1 Å². The first kappa shape index (κ1) is 87.8. The minimum absolute atomic E-state index is 0. The number of hydrogen-bond acceptors (Lipinski definition) is 13. The molecule has 18 heteroatoms. The first-order valence-corrected chi connectivity index (χ1v) is 36.4. The molecule has 0 aliphatic carbocycles. The zero-order valence-electron chi connectivity index (χ0n) is 59.8. The Morgan fingerprint density at radius 3 is 1.13 bits per heavy atom. The van der Waals surface area contributed by atoms with E-state index in [4.69, 9.17) is 9.47 Å². The number of benzene rings is 5. The predicted molar refractivity (Wildman–Crippen MR) is 408 cm³/mol. The third kappa shape index (κ3) is 36.6. The van der Waals surface area contributed by atoms with Crippen molar-refractivity contribution in [3.05, 3.63) is 235 Å². The molecule has 2 unspecified atom stereocenters. The largest absolute Gasteiger partial charge is 0.464 e. The molecule has 0 bridgehead atoms. The van der Waals surface area contributed by atoms with Crippen LogP contribution in [-0.4, -0.2) is 95.3 Å². The molecule has 0 fully saturated rings. The van der Waals surface area contributed by atoms with Crippen LogP contribution in [0.2, 0.25) is 0 Å². The van der Waals surface area contributed by atoms with Crippen molar-refractivity contribution >= 4 is 71.6 Å². The highest BCUT2D eigenvalue weighted by molar-refractivity contribution is 7.79. The molecule has 0 spiro atoms. The normalized spacial score (nSPS) is 12.9. The van der Waals surface area contributed by atoms with Crippen molar-refractivity contribution in [1.82, 2.24) is 10.2 Å². The van der Waals surface area contributed by atoms with E-state index >= 15 is 0 Å². The standard InChI is InChI=1S/C28H37NO4.C20H34O3.C18H15P.C8H14N2O4.C8H5NO2.CH4/c1-3-5-6-7-8-9-10-11-12-13-14-15-16-17-22-25(28(32)33-4-2)29-26(30)23-20-18-19-21-24(23)27(29)31;1-3-5-6-7-8-9-10-11-12-13-14-15-16-17-18-19(21)20(22)23-4-2;1-4-10-16(11-5-1)19(17-12-6-2-7-13-17)18-14-8-3-9-15-18;1-5(2)13-7(11)9-10-8(12)14-6(3)4;10-7-5-3-1-2-4-6(5)8(11)9-7;/h5-6,8-9,11-12,18-21,25H,3-4,7,10,13-17,22H2,1-2H3;5-6,8-9,11-12,19,21H,3-4,7,10,13-18H2,1-2H3;1-15H;5-6H,1-4H3;1-4H,(H,9,10,11);1H4/b2*6-5-,9-8-,12-11-;;;;. The Morgan fingerprint density at radius 2 is 0.762 bits per heavy atom. The molecule has 0 saturated carbocycles. The fourth-order valence-corrected chi connectivity index (χ4v) is 12.1. The lowest BCUT2D eigenvalue weighted by Crippen LogP contribution is -2.45. The molecule has 0 radical (unpaired) electrons. The molecular weight excluding hydrogens is 1290 g/mol. The van der Waals surface area contributed by atoms with E-state index in [2.05, 4.69) is 203 Å². The summed E-state index contributed by atoms with van der Waals surface area (Å²) < 4.78 is 19.1. The highest BCUT2D eigenvalue weighted by atomic mass is 31.1. The number of amides is 6. The summed E-state index contributed by atoms with van der Waals surface area (Å²) >= 11 is 0. The third-order valence-electron chi connectivity index (χ3n) is 14.6. The lowest BCUT2D eigenvalue weighted by Gasteiger charge is -2.24. The fourth-order valence-electron chi connectivity index (χ4n) is 9.83. The lowest BCUT2D eigenvalue weighted by molar-refractivity contribution is -0.153. The molecule has 2 atom stereocenters. The molecule has 2 aliphatic rings. The molecular formula is C83H109N4O13P. The van der Waals surface area contributed by atoms with Gasteiger partial charge in [-0.25, -0.2) is 19.2 Å². The zero-order valence-corrected chi connectivity index (χ0v) is 60.7. The van der Waals surface area contributed by atoms with Crippen LogP contribution in [0.25, 0.3) is 0 Å². The first-order valence-electron chi connectivity index (χ1n) is 35.1. The van der Waals surface area contributed by atoms with Crippen molar-refractivity contribution in [1.29, 1.82) is 0 Å². The third-order valence-corrected chi connectivity index (χ3v) is 17.0. The molecule has 17 nitrogen and oxygen atoms in total. The summed E-state index contributed by atoms with van der Waals surface area (Å²) in [4.78, 5) is 93.8. The molecule has 2 aliphatic heterocycles. The first-order chi connectivity index (χ1) is 48.5. The number of ether oxygens (including phenoxy) is 4. The molecule has 2 heterocycles. The van der Waals surface area contributed by atoms with Gasteiger partial charge in [-0.15, -0.1) is 0 Å². The van der Waals surface area contributed by atoms with Crippen LogP contribution >= 0.6 is 7.92 Å². The quantitative estimate of drug-likeness (QED) is 0.00743. The highest BCUT2D eigenvalue weighted by Crippen LogP contribution is 2.32. The average Bonchev–Trinajstić information content (AvgIpc) is 1.64. The van der Waals surface area contributed by atoms with Crippen LogP contribution in [0.3, 0.4) is 0 Å². The second kappa shape index (κ2) is 54.5. The summed E-state index contributed by atoms with van der Waals surface area (Å²) in [5.74, 6) is -2.42. The summed E-state index contributed by atoms with van der Waals surface area (Å²) in [6.07, 6.45) is 40.3. The van der Waals surface area contributed by atoms with Gasteiger partial charge in [0.2, 0.25) is 0 Å². The summed E-state index contributed by atoms with van der Waals surface area (Å²) in [7, 11) is -0.446. The molecule has 2 N–H and O–H groups in total. The number of aliphatic hydroxyl groups excluding tert-OH is 1. The molecule has 7 rings (SSSR count). The van der Waals surface area contributed by atoms with Gasteiger partial charge in [0, 0.05) is 0 Å². The molecule has 101 heavy (non-hydrogen) atoms. The maximum Gasteiger partial charge on any atom is 0.452 e. The number of imide groups is 2. The number of allylic oxidation sites excluding steroid dienone is 12. The lowest BCUT2D eigenvalue weighted by atomic mass is 10.0.